The molecule has 4 nitrogen and oxygen atoms in total. The number of alkyl halides is 3. The van der Waals surface area contributed by atoms with Crippen LogP contribution in [-0.4, -0.2) is 39.3 Å². The van der Waals surface area contributed by atoms with Crippen LogP contribution in [-0.2, 0) is 16.3 Å². The third-order valence-corrected chi connectivity index (χ3v) is 3.55. The fourth-order valence-electron chi connectivity index (χ4n) is 2.10. The summed E-state index contributed by atoms with van der Waals surface area (Å²) in [7, 11) is 1.61. The molecule has 144 valence electrons. The maximum absolute atomic E-state index is 12.9. The number of rotatable bonds is 7. The van der Waals surface area contributed by atoms with Crippen LogP contribution in [0.15, 0.2) is 29.3 Å². The van der Waals surface area contributed by atoms with Crippen molar-refractivity contribution in [3.8, 4) is 0 Å². The van der Waals surface area contributed by atoms with E-state index in [1.54, 1.807) is 13.2 Å². The summed E-state index contributed by atoms with van der Waals surface area (Å²) in [5.74, 6) is 0.620. The van der Waals surface area contributed by atoms with Gasteiger partial charge in [0.2, 0.25) is 0 Å². The van der Waals surface area contributed by atoms with E-state index in [0.29, 0.717) is 37.8 Å². The fraction of sp³-hybridized carbons (Fsp3) is 0.588. The largest absolute Gasteiger partial charge is 0.416 e. The summed E-state index contributed by atoms with van der Waals surface area (Å²) in [4.78, 5) is 4.48. The Morgan fingerprint density at radius 2 is 1.80 bits per heavy atom. The molecule has 0 aliphatic rings. The molecule has 0 radical (unpaired) electrons. The van der Waals surface area contributed by atoms with Crippen molar-refractivity contribution in [2.75, 3.05) is 33.4 Å². The minimum absolute atomic E-state index is 0. The van der Waals surface area contributed by atoms with E-state index >= 15 is 0 Å². The molecule has 0 saturated heterocycles. The predicted octanol–water partition coefficient (Wildman–Crippen LogP) is 3.80. The van der Waals surface area contributed by atoms with Crippen molar-refractivity contribution < 1.29 is 17.9 Å². The number of hydrogen-bond acceptors (Lipinski definition) is 2. The minimum atomic E-state index is -4.34. The summed E-state index contributed by atoms with van der Waals surface area (Å²) >= 11 is 0. The van der Waals surface area contributed by atoms with Gasteiger partial charge in [-0.25, -0.2) is 0 Å². The molecule has 2 N–H and O–H groups in total. The SMILES string of the molecule is CCNC(=NCC(C)(C)c1cccc(C(F)(F)F)c1)NCCOC.I. The Hall–Kier alpha value is -1.03. The van der Waals surface area contributed by atoms with Crippen LogP contribution in [0.3, 0.4) is 0 Å². The van der Waals surface area contributed by atoms with Gasteiger partial charge in [0, 0.05) is 25.6 Å². The van der Waals surface area contributed by atoms with Crippen molar-refractivity contribution in [2.24, 2.45) is 4.99 Å². The van der Waals surface area contributed by atoms with Crippen LogP contribution in [0.5, 0.6) is 0 Å². The Kier molecular flexibility index (Phi) is 10.4. The van der Waals surface area contributed by atoms with Crippen LogP contribution < -0.4 is 10.6 Å². The Morgan fingerprint density at radius 3 is 2.36 bits per heavy atom. The maximum Gasteiger partial charge on any atom is 0.416 e. The van der Waals surface area contributed by atoms with Crippen molar-refractivity contribution in [2.45, 2.75) is 32.4 Å². The van der Waals surface area contributed by atoms with Gasteiger partial charge in [-0.3, -0.25) is 4.99 Å². The van der Waals surface area contributed by atoms with E-state index in [1.807, 2.05) is 20.8 Å². The summed E-state index contributed by atoms with van der Waals surface area (Å²) in [6.45, 7) is 7.91. The standard InChI is InChI=1S/C17H26F3N3O.HI/c1-5-21-15(22-9-10-24-4)23-12-16(2,3)13-7-6-8-14(11-13)17(18,19)20;/h6-8,11H,5,9-10,12H2,1-4H3,(H2,21,22,23);1H. The molecule has 1 rings (SSSR count). The van der Waals surface area contributed by atoms with Gasteiger partial charge in [0.05, 0.1) is 18.7 Å². The number of benzene rings is 1. The Morgan fingerprint density at radius 1 is 1.16 bits per heavy atom. The minimum Gasteiger partial charge on any atom is -0.383 e. The molecular formula is C17H27F3IN3O. The monoisotopic (exact) mass is 473 g/mol. The molecule has 1 aromatic rings. The average Bonchev–Trinajstić information content (AvgIpc) is 2.52. The number of ether oxygens (including phenoxy) is 1. The van der Waals surface area contributed by atoms with Crippen LogP contribution in [0, 0.1) is 0 Å². The third kappa shape index (κ3) is 8.26. The number of methoxy groups -OCH3 is 1. The molecule has 0 fully saturated rings. The second-order valence-electron chi connectivity index (χ2n) is 6.08. The zero-order valence-corrected chi connectivity index (χ0v) is 17.4. The number of nitrogens with zero attached hydrogens (tertiary/aromatic N) is 1. The van der Waals surface area contributed by atoms with Crippen LogP contribution in [0.4, 0.5) is 13.2 Å². The number of guanidine groups is 1. The second kappa shape index (κ2) is 10.8. The lowest BCUT2D eigenvalue weighted by Gasteiger charge is -2.25. The smallest absolute Gasteiger partial charge is 0.383 e. The summed E-state index contributed by atoms with van der Waals surface area (Å²) in [5.41, 5.74) is -0.554. The van der Waals surface area contributed by atoms with Crippen LogP contribution in [0.2, 0.25) is 0 Å². The van der Waals surface area contributed by atoms with Crippen molar-refractivity contribution in [3.05, 3.63) is 35.4 Å². The lowest BCUT2D eigenvalue weighted by Crippen LogP contribution is -2.40. The highest BCUT2D eigenvalue weighted by Gasteiger charge is 2.32. The molecule has 0 spiro atoms. The number of aliphatic imine (C=N–C) groups is 1. The van der Waals surface area contributed by atoms with Gasteiger partial charge < -0.3 is 15.4 Å². The fourth-order valence-corrected chi connectivity index (χ4v) is 2.10. The van der Waals surface area contributed by atoms with Crippen LogP contribution >= 0.6 is 24.0 Å². The van der Waals surface area contributed by atoms with Gasteiger partial charge >= 0.3 is 6.18 Å². The zero-order valence-electron chi connectivity index (χ0n) is 15.0. The second-order valence-corrected chi connectivity index (χ2v) is 6.08. The van der Waals surface area contributed by atoms with Crippen LogP contribution in [0.1, 0.15) is 31.9 Å². The average molecular weight is 473 g/mol. The van der Waals surface area contributed by atoms with Gasteiger partial charge in [0.15, 0.2) is 5.96 Å². The Balaban J connectivity index is 0.00000576. The maximum atomic E-state index is 12.9. The summed E-state index contributed by atoms with van der Waals surface area (Å²) < 4.78 is 43.6. The highest BCUT2D eigenvalue weighted by molar-refractivity contribution is 14.0. The molecular weight excluding hydrogens is 446 g/mol. The van der Waals surface area contributed by atoms with Crippen molar-refractivity contribution in [3.63, 3.8) is 0 Å². The molecule has 0 aliphatic carbocycles. The third-order valence-electron chi connectivity index (χ3n) is 3.55. The quantitative estimate of drug-likeness (QED) is 0.274. The van der Waals surface area contributed by atoms with Gasteiger partial charge in [0.1, 0.15) is 0 Å². The molecule has 8 heteroatoms. The summed E-state index contributed by atoms with van der Waals surface area (Å²) in [6.07, 6.45) is -4.34. The van der Waals surface area contributed by atoms with Gasteiger partial charge in [-0.1, -0.05) is 32.0 Å². The number of hydrogen-bond donors (Lipinski definition) is 2. The molecule has 0 aromatic heterocycles. The number of nitrogens with one attached hydrogen (secondary N) is 2. The highest BCUT2D eigenvalue weighted by Crippen LogP contribution is 2.32. The van der Waals surface area contributed by atoms with Crippen LogP contribution in [0.25, 0.3) is 0 Å². The van der Waals surface area contributed by atoms with Crippen molar-refractivity contribution >= 4 is 29.9 Å². The van der Waals surface area contributed by atoms with E-state index in [9.17, 15) is 13.2 Å². The lowest BCUT2D eigenvalue weighted by atomic mass is 9.84. The Labute approximate surface area is 164 Å². The molecule has 0 amide bonds. The molecule has 1 aromatic carbocycles. The van der Waals surface area contributed by atoms with E-state index in [-0.39, 0.29) is 24.0 Å². The van der Waals surface area contributed by atoms with E-state index in [1.165, 1.54) is 12.1 Å². The summed E-state index contributed by atoms with van der Waals surface area (Å²) in [5, 5.41) is 6.22. The normalized spacial score (nSPS) is 12.5. The molecule has 0 unspecified atom stereocenters. The molecule has 0 bridgehead atoms. The first-order valence-corrected chi connectivity index (χ1v) is 7.89. The molecule has 0 heterocycles. The van der Waals surface area contributed by atoms with E-state index in [0.717, 1.165) is 6.07 Å². The predicted molar refractivity (Wildman–Crippen MR) is 106 cm³/mol. The van der Waals surface area contributed by atoms with Gasteiger partial charge in [-0.15, -0.1) is 24.0 Å². The lowest BCUT2D eigenvalue weighted by molar-refractivity contribution is -0.137. The van der Waals surface area contributed by atoms with Gasteiger partial charge in [-0.05, 0) is 18.6 Å². The summed E-state index contributed by atoms with van der Waals surface area (Å²) in [6, 6.07) is 5.42. The first-order chi connectivity index (χ1) is 11.2. The van der Waals surface area contributed by atoms with Crippen molar-refractivity contribution in [1.82, 2.24) is 10.6 Å². The highest BCUT2D eigenvalue weighted by atomic mass is 127. The van der Waals surface area contributed by atoms with E-state index in [2.05, 4.69) is 15.6 Å². The number of halogens is 4. The van der Waals surface area contributed by atoms with E-state index < -0.39 is 17.2 Å². The zero-order chi connectivity index (χ0) is 18.2. The van der Waals surface area contributed by atoms with E-state index in [4.69, 9.17) is 4.74 Å². The Bertz CT molecular complexity index is 548. The molecule has 25 heavy (non-hydrogen) atoms. The first-order valence-electron chi connectivity index (χ1n) is 7.89. The van der Waals surface area contributed by atoms with Crippen molar-refractivity contribution in [1.29, 1.82) is 0 Å². The molecule has 0 aliphatic heterocycles. The topological polar surface area (TPSA) is 45.7 Å². The van der Waals surface area contributed by atoms with Gasteiger partial charge in [0.25, 0.3) is 0 Å². The molecule has 0 atom stereocenters. The first kappa shape index (κ1) is 24.0. The van der Waals surface area contributed by atoms with Gasteiger partial charge in [-0.2, -0.15) is 13.2 Å². The molecule has 0 saturated carbocycles.